The van der Waals surface area contributed by atoms with Gasteiger partial charge in [0.15, 0.2) is 0 Å². The van der Waals surface area contributed by atoms with Gasteiger partial charge < -0.3 is 21.1 Å². The van der Waals surface area contributed by atoms with E-state index < -0.39 is 12.1 Å². The summed E-state index contributed by atoms with van der Waals surface area (Å²) in [5.74, 6) is 1.06. The zero-order valence-corrected chi connectivity index (χ0v) is 17.3. The number of benzene rings is 3. The van der Waals surface area contributed by atoms with Gasteiger partial charge in [-0.05, 0) is 60.4 Å². The summed E-state index contributed by atoms with van der Waals surface area (Å²) in [5.41, 5.74) is 6.75. The quantitative estimate of drug-likeness (QED) is 0.449. The van der Waals surface area contributed by atoms with Gasteiger partial charge in [-0.1, -0.05) is 30.3 Å². The maximum Gasteiger partial charge on any atom is 0.312 e. The van der Waals surface area contributed by atoms with Gasteiger partial charge in [0.25, 0.3) is 0 Å². The first-order chi connectivity index (χ1) is 14.5. The Balaban J connectivity index is 1.72. The maximum absolute atomic E-state index is 12.6. The zero-order chi connectivity index (χ0) is 21.3. The molecule has 0 unspecified atom stereocenters. The molecule has 0 radical (unpaired) electrons. The fourth-order valence-corrected chi connectivity index (χ4v) is 3.32. The van der Waals surface area contributed by atoms with Crippen molar-refractivity contribution in [2.45, 2.75) is 17.4 Å². The summed E-state index contributed by atoms with van der Waals surface area (Å²) in [6.45, 7) is 0. The van der Waals surface area contributed by atoms with Crippen LogP contribution in [0.5, 0.6) is 11.5 Å². The van der Waals surface area contributed by atoms with E-state index in [1.807, 2.05) is 79.1 Å². The highest BCUT2D eigenvalue weighted by Crippen LogP contribution is 2.26. The average molecular weight is 422 g/mol. The molecule has 0 spiro atoms. The van der Waals surface area contributed by atoms with Crippen molar-refractivity contribution < 1.29 is 14.3 Å². The third-order valence-corrected chi connectivity index (χ3v) is 5.06. The van der Waals surface area contributed by atoms with Crippen LogP contribution < -0.4 is 21.1 Å². The number of anilines is 1. The number of para-hydroxylation sites is 1. The monoisotopic (exact) mass is 421 g/mol. The molecule has 0 saturated carbocycles. The van der Waals surface area contributed by atoms with Gasteiger partial charge in [0.05, 0.1) is 12.5 Å². The summed E-state index contributed by atoms with van der Waals surface area (Å²) < 4.78 is 5.85. The number of amides is 3. The Morgan fingerprint density at radius 3 is 2.33 bits per heavy atom. The minimum atomic E-state index is -0.702. The normalized spacial score (nSPS) is 11.4. The van der Waals surface area contributed by atoms with Crippen LogP contribution in [0.1, 0.15) is 18.0 Å². The van der Waals surface area contributed by atoms with Gasteiger partial charge in [-0.3, -0.25) is 4.79 Å². The molecule has 3 aromatic rings. The molecule has 3 rings (SSSR count). The number of nitrogens with two attached hydrogens (primary N) is 1. The van der Waals surface area contributed by atoms with E-state index in [4.69, 9.17) is 10.5 Å². The molecule has 0 bridgehead atoms. The molecular formula is C23H23N3O3S. The third kappa shape index (κ3) is 6.28. The van der Waals surface area contributed by atoms with E-state index in [2.05, 4.69) is 10.6 Å². The van der Waals surface area contributed by atoms with E-state index in [0.717, 1.165) is 10.5 Å². The predicted molar refractivity (Wildman–Crippen MR) is 120 cm³/mol. The number of rotatable bonds is 8. The molecule has 3 amide bonds. The smallest absolute Gasteiger partial charge is 0.312 e. The lowest BCUT2D eigenvalue weighted by Gasteiger charge is -2.19. The predicted octanol–water partition coefficient (Wildman–Crippen LogP) is 4.94. The van der Waals surface area contributed by atoms with Crippen molar-refractivity contribution in [1.82, 2.24) is 5.32 Å². The Kier molecular flexibility index (Phi) is 7.34. The Morgan fingerprint density at radius 1 is 0.967 bits per heavy atom. The summed E-state index contributed by atoms with van der Waals surface area (Å²) in [7, 11) is 0. The van der Waals surface area contributed by atoms with E-state index in [1.54, 1.807) is 17.8 Å². The number of carbonyl (C=O) groups is 2. The Hall–Kier alpha value is -3.45. The van der Waals surface area contributed by atoms with Crippen LogP contribution in [0.15, 0.2) is 83.8 Å². The van der Waals surface area contributed by atoms with E-state index in [0.29, 0.717) is 17.2 Å². The molecule has 0 aliphatic carbocycles. The van der Waals surface area contributed by atoms with Crippen LogP contribution in [0, 0.1) is 0 Å². The number of urea groups is 1. The molecule has 4 N–H and O–H groups in total. The van der Waals surface area contributed by atoms with Crippen LogP contribution in [-0.2, 0) is 4.79 Å². The van der Waals surface area contributed by atoms with Gasteiger partial charge in [-0.25, -0.2) is 4.79 Å². The van der Waals surface area contributed by atoms with Gasteiger partial charge >= 0.3 is 6.03 Å². The minimum Gasteiger partial charge on any atom is -0.457 e. The summed E-state index contributed by atoms with van der Waals surface area (Å²) in [6.07, 6.45) is 2.02. The summed E-state index contributed by atoms with van der Waals surface area (Å²) >= 11 is 1.63. The second-order valence-corrected chi connectivity index (χ2v) is 7.41. The lowest BCUT2D eigenvalue weighted by molar-refractivity contribution is -0.116. The van der Waals surface area contributed by atoms with Crippen LogP contribution >= 0.6 is 11.8 Å². The number of thioether (sulfide) groups is 1. The van der Waals surface area contributed by atoms with Crippen LogP contribution in [0.4, 0.5) is 10.5 Å². The van der Waals surface area contributed by atoms with E-state index in [9.17, 15) is 9.59 Å². The van der Waals surface area contributed by atoms with Crippen molar-refractivity contribution in [3.8, 4) is 11.5 Å². The van der Waals surface area contributed by atoms with Crippen molar-refractivity contribution >= 4 is 29.4 Å². The molecule has 0 aliphatic heterocycles. The molecule has 30 heavy (non-hydrogen) atoms. The molecule has 3 aromatic carbocycles. The molecule has 0 heterocycles. The number of hydrogen-bond donors (Lipinski definition) is 3. The molecule has 6 nitrogen and oxygen atoms in total. The van der Waals surface area contributed by atoms with E-state index in [1.165, 1.54) is 0 Å². The van der Waals surface area contributed by atoms with Crippen LogP contribution in [0.2, 0.25) is 0 Å². The van der Waals surface area contributed by atoms with Crippen molar-refractivity contribution in [2.75, 3.05) is 11.6 Å². The highest BCUT2D eigenvalue weighted by atomic mass is 32.2. The number of nitrogens with one attached hydrogen (secondary N) is 2. The number of ether oxygens (including phenoxy) is 1. The Labute approximate surface area is 179 Å². The van der Waals surface area contributed by atoms with Crippen LogP contribution in [-0.4, -0.2) is 18.2 Å². The fraction of sp³-hybridized carbons (Fsp3) is 0.130. The Bertz CT molecular complexity index is 994. The molecule has 0 aliphatic rings. The first kappa shape index (κ1) is 21.3. The largest absolute Gasteiger partial charge is 0.457 e. The van der Waals surface area contributed by atoms with Crippen molar-refractivity contribution in [2.24, 2.45) is 5.73 Å². The first-order valence-electron chi connectivity index (χ1n) is 9.36. The van der Waals surface area contributed by atoms with Crippen molar-refractivity contribution in [3.63, 3.8) is 0 Å². The summed E-state index contributed by atoms with van der Waals surface area (Å²) in [4.78, 5) is 25.2. The molecule has 0 saturated heterocycles. The second kappa shape index (κ2) is 10.4. The van der Waals surface area contributed by atoms with Gasteiger partial charge in [-0.15, -0.1) is 11.8 Å². The Morgan fingerprint density at radius 2 is 1.67 bits per heavy atom. The third-order valence-electron chi connectivity index (χ3n) is 4.32. The van der Waals surface area contributed by atoms with Crippen molar-refractivity contribution in [1.29, 1.82) is 0 Å². The molecular weight excluding hydrogens is 398 g/mol. The molecule has 0 aromatic heterocycles. The van der Waals surface area contributed by atoms with E-state index >= 15 is 0 Å². The number of carbonyl (C=O) groups excluding carboxylic acids is 2. The first-order valence-corrected chi connectivity index (χ1v) is 10.6. The average Bonchev–Trinajstić information content (AvgIpc) is 2.74. The van der Waals surface area contributed by atoms with Crippen LogP contribution in [0.3, 0.4) is 0 Å². The highest BCUT2D eigenvalue weighted by Gasteiger charge is 2.18. The molecule has 154 valence electrons. The van der Waals surface area contributed by atoms with Gasteiger partial charge in [-0.2, -0.15) is 0 Å². The second-order valence-electron chi connectivity index (χ2n) is 6.53. The molecule has 1 atom stereocenters. The minimum absolute atomic E-state index is 0.0298. The van der Waals surface area contributed by atoms with Crippen molar-refractivity contribution in [3.05, 3.63) is 84.4 Å². The lowest BCUT2D eigenvalue weighted by atomic mass is 10.0. The van der Waals surface area contributed by atoms with E-state index in [-0.39, 0.29) is 12.3 Å². The maximum atomic E-state index is 12.6. The number of hydrogen-bond acceptors (Lipinski definition) is 4. The topological polar surface area (TPSA) is 93.5 Å². The zero-order valence-electron chi connectivity index (χ0n) is 16.5. The molecule has 0 fully saturated rings. The molecule has 7 heteroatoms. The standard InChI is InChI=1S/C23H23N3O3S/c1-30-20-12-10-17(11-13-20)25-22(27)15-21(26-23(24)28)16-6-5-9-19(14-16)29-18-7-3-2-4-8-18/h2-14,21H,15H2,1H3,(H,25,27)(H3,24,26,28)/t21-/m1/s1. The highest BCUT2D eigenvalue weighted by molar-refractivity contribution is 7.98. The lowest BCUT2D eigenvalue weighted by Crippen LogP contribution is -2.35. The van der Waals surface area contributed by atoms with Gasteiger partial charge in [0.2, 0.25) is 5.91 Å². The van der Waals surface area contributed by atoms with Gasteiger partial charge in [0.1, 0.15) is 11.5 Å². The van der Waals surface area contributed by atoms with Gasteiger partial charge in [0, 0.05) is 10.6 Å². The summed E-state index contributed by atoms with van der Waals surface area (Å²) in [6, 6.07) is 22.8. The number of primary amides is 1. The fourth-order valence-electron chi connectivity index (χ4n) is 2.92. The summed E-state index contributed by atoms with van der Waals surface area (Å²) in [5, 5.41) is 5.49. The SMILES string of the molecule is CSc1ccc(NC(=O)C[C@@H](NC(N)=O)c2cccc(Oc3ccccc3)c2)cc1. The van der Waals surface area contributed by atoms with Crippen LogP contribution in [0.25, 0.3) is 0 Å².